The predicted molar refractivity (Wildman–Crippen MR) is 108 cm³/mol. The minimum Gasteiger partial charge on any atom is -0.506 e. The first-order valence-corrected chi connectivity index (χ1v) is 9.45. The molecule has 0 atom stereocenters. The SMILES string of the molecule is O=C(Nc1cc2c(cc1O)OCCO2)OCC1c2ccccc2-c2ccccc21. The zero-order chi connectivity index (χ0) is 19.8. The molecule has 0 aromatic heterocycles. The Hall–Kier alpha value is -3.67. The number of carbonyl (C=O) groups excluding carboxylic acids is 1. The number of fused-ring (bicyclic) bond motifs is 4. The lowest BCUT2D eigenvalue weighted by Gasteiger charge is -2.20. The molecule has 1 amide bonds. The maximum absolute atomic E-state index is 12.4. The molecule has 0 saturated heterocycles. The highest BCUT2D eigenvalue weighted by Crippen LogP contribution is 2.44. The summed E-state index contributed by atoms with van der Waals surface area (Å²) in [5.41, 5.74) is 4.84. The zero-order valence-electron chi connectivity index (χ0n) is 15.6. The van der Waals surface area contributed by atoms with Crippen LogP contribution in [0.25, 0.3) is 11.1 Å². The van der Waals surface area contributed by atoms with Gasteiger partial charge in [0.25, 0.3) is 0 Å². The van der Waals surface area contributed by atoms with E-state index in [0.29, 0.717) is 24.7 Å². The van der Waals surface area contributed by atoms with E-state index in [1.165, 1.54) is 23.3 Å². The van der Waals surface area contributed by atoms with Crippen molar-refractivity contribution in [3.05, 3.63) is 71.8 Å². The largest absolute Gasteiger partial charge is 0.506 e. The molecule has 2 aliphatic rings. The Labute approximate surface area is 167 Å². The van der Waals surface area contributed by atoms with Gasteiger partial charge in [-0.2, -0.15) is 0 Å². The van der Waals surface area contributed by atoms with Gasteiger partial charge in [0.2, 0.25) is 0 Å². The maximum Gasteiger partial charge on any atom is 0.411 e. The number of hydrogen-bond acceptors (Lipinski definition) is 5. The minimum atomic E-state index is -0.640. The molecular formula is C23H19NO5. The Morgan fingerprint density at radius 2 is 1.55 bits per heavy atom. The van der Waals surface area contributed by atoms with Gasteiger partial charge < -0.3 is 19.3 Å². The lowest BCUT2D eigenvalue weighted by molar-refractivity contribution is 0.158. The average molecular weight is 389 g/mol. The molecule has 3 aromatic rings. The van der Waals surface area contributed by atoms with Crippen LogP contribution in [0.1, 0.15) is 17.0 Å². The molecule has 1 aliphatic heterocycles. The van der Waals surface area contributed by atoms with Crippen molar-refractivity contribution in [3.63, 3.8) is 0 Å². The van der Waals surface area contributed by atoms with E-state index in [1.54, 1.807) is 0 Å². The Kier molecular flexibility index (Phi) is 4.24. The van der Waals surface area contributed by atoms with Gasteiger partial charge in [-0.1, -0.05) is 48.5 Å². The lowest BCUT2D eigenvalue weighted by atomic mass is 9.98. The summed E-state index contributed by atoms with van der Waals surface area (Å²) >= 11 is 0. The molecule has 6 nitrogen and oxygen atoms in total. The van der Waals surface area contributed by atoms with E-state index in [0.717, 1.165) is 11.1 Å². The highest BCUT2D eigenvalue weighted by atomic mass is 16.6. The molecule has 0 spiro atoms. The molecule has 0 saturated carbocycles. The van der Waals surface area contributed by atoms with E-state index < -0.39 is 6.09 Å². The molecule has 2 N–H and O–H groups in total. The number of benzene rings is 3. The third kappa shape index (κ3) is 3.12. The van der Waals surface area contributed by atoms with Crippen LogP contribution in [0.3, 0.4) is 0 Å². The quantitative estimate of drug-likeness (QED) is 0.644. The van der Waals surface area contributed by atoms with Crippen molar-refractivity contribution in [3.8, 4) is 28.4 Å². The lowest BCUT2D eigenvalue weighted by Crippen LogP contribution is -2.19. The number of amides is 1. The van der Waals surface area contributed by atoms with Gasteiger partial charge in [-0.25, -0.2) is 4.79 Å². The Bertz CT molecular complexity index is 1050. The van der Waals surface area contributed by atoms with Gasteiger partial charge >= 0.3 is 6.09 Å². The second-order valence-corrected chi connectivity index (χ2v) is 6.96. The molecule has 0 fully saturated rings. The van der Waals surface area contributed by atoms with E-state index >= 15 is 0 Å². The summed E-state index contributed by atoms with van der Waals surface area (Å²) in [5, 5.41) is 12.7. The molecule has 0 radical (unpaired) electrons. The van der Waals surface area contributed by atoms with Gasteiger partial charge in [-0.3, -0.25) is 5.32 Å². The number of carbonyl (C=O) groups is 1. The Morgan fingerprint density at radius 1 is 0.966 bits per heavy atom. The smallest absolute Gasteiger partial charge is 0.411 e. The molecule has 1 heterocycles. The van der Waals surface area contributed by atoms with Crippen LogP contribution in [0, 0.1) is 0 Å². The number of rotatable bonds is 3. The fourth-order valence-corrected chi connectivity index (χ4v) is 3.92. The molecular weight excluding hydrogens is 370 g/mol. The maximum atomic E-state index is 12.4. The number of hydrogen-bond donors (Lipinski definition) is 2. The molecule has 0 unspecified atom stereocenters. The Balaban J connectivity index is 1.32. The second kappa shape index (κ2) is 7.05. The van der Waals surface area contributed by atoms with E-state index in [4.69, 9.17) is 14.2 Å². The number of ether oxygens (including phenoxy) is 3. The van der Waals surface area contributed by atoms with Crippen LogP contribution in [0.4, 0.5) is 10.5 Å². The number of aromatic hydroxyl groups is 1. The molecule has 6 heteroatoms. The highest BCUT2D eigenvalue weighted by Gasteiger charge is 2.29. The van der Waals surface area contributed by atoms with Crippen LogP contribution < -0.4 is 14.8 Å². The molecule has 3 aromatic carbocycles. The number of anilines is 1. The van der Waals surface area contributed by atoms with Crippen molar-refractivity contribution >= 4 is 11.8 Å². The highest BCUT2D eigenvalue weighted by molar-refractivity contribution is 5.88. The predicted octanol–water partition coefficient (Wildman–Crippen LogP) is 4.52. The molecule has 1 aliphatic carbocycles. The Morgan fingerprint density at radius 3 is 2.21 bits per heavy atom. The van der Waals surface area contributed by atoms with Crippen LogP contribution in [0.5, 0.6) is 17.2 Å². The third-order valence-electron chi connectivity index (χ3n) is 5.24. The summed E-state index contributed by atoms with van der Waals surface area (Å²) in [6.45, 7) is 1.04. The van der Waals surface area contributed by atoms with Crippen LogP contribution in [-0.4, -0.2) is 31.0 Å². The summed E-state index contributed by atoms with van der Waals surface area (Å²) in [5.74, 6) is 0.791. The molecule has 5 rings (SSSR count). The van der Waals surface area contributed by atoms with E-state index in [1.807, 2.05) is 24.3 Å². The van der Waals surface area contributed by atoms with Gasteiger partial charge in [0.05, 0.1) is 5.69 Å². The topological polar surface area (TPSA) is 77.0 Å². The monoisotopic (exact) mass is 389 g/mol. The summed E-state index contributed by atoms with van der Waals surface area (Å²) in [4.78, 5) is 12.4. The van der Waals surface area contributed by atoms with Crippen LogP contribution in [-0.2, 0) is 4.74 Å². The van der Waals surface area contributed by atoms with Crippen molar-refractivity contribution in [2.24, 2.45) is 0 Å². The number of nitrogens with one attached hydrogen (secondary N) is 1. The summed E-state index contributed by atoms with van der Waals surface area (Å²) < 4.78 is 16.4. The standard InChI is InChI=1S/C23H19NO5/c25-20-12-22-21(27-9-10-28-22)11-19(20)24-23(26)29-13-18-16-7-3-1-5-14(16)15-6-2-4-8-17(15)18/h1-8,11-12,18,25H,9-10,13H2,(H,24,26). The zero-order valence-corrected chi connectivity index (χ0v) is 15.6. The first kappa shape index (κ1) is 17.4. The van der Waals surface area contributed by atoms with Crippen LogP contribution in [0.2, 0.25) is 0 Å². The molecule has 29 heavy (non-hydrogen) atoms. The van der Waals surface area contributed by atoms with Crippen molar-refractivity contribution in [1.29, 1.82) is 0 Å². The van der Waals surface area contributed by atoms with Crippen molar-refractivity contribution in [2.75, 3.05) is 25.1 Å². The van der Waals surface area contributed by atoms with Gasteiger partial charge in [-0.05, 0) is 22.3 Å². The van der Waals surface area contributed by atoms with Crippen LogP contribution in [0.15, 0.2) is 60.7 Å². The normalized spacial score (nSPS) is 14.1. The van der Waals surface area contributed by atoms with Gasteiger partial charge in [-0.15, -0.1) is 0 Å². The van der Waals surface area contributed by atoms with E-state index in [-0.39, 0.29) is 24.0 Å². The first-order chi connectivity index (χ1) is 14.2. The number of phenolic OH excluding ortho intramolecular Hbond substituents is 1. The third-order valence-corrected chi connectivity index (χ3v) is 5.24. The minimum absolute atomic E-state index is 0.0259. The second-order valence-electron chi connectivity index (χ2n) is 6.96. The fourth-order valence-electron chi connectivity index (χ4n) is 3.92. The van der Waals surface area contributed by atoms with Gasteiger partial charge in [0.15, 0.2) is 11.5 Å². The van der Waals surface area contributed by atoms with Crippen LogP contribution >= 0.6 is 0 Å². The number of phenols is 1. The molecule has 0 bridgehead atoms. The van der Waals surface area contributed by atoms with Crippen molar-refractivity contribution in [1.82, 2.24) is 0 Å². The summed E-state index contributed by atoms with van der Waals surface area (Å²) in [7, 11) is 0. The van der Waals surface area contributed by atoms with Crippen molar-refractivity contribution < 1.29 is 24.1 Å². The average Bonchev–Trinajstić information content (AvgIpc) is 3.07. The summed E-state index contributed by atoms with van der Waals surface area (Å²) in [6.07, 6.45) is -0.640. The fraction of sp³-hybridized carbons (Fsp3) is 0.174. The molecule has 146 valence electrons. The van der Waals surface area contributed by atoms with Gasteiger partial charge in [0.1, 0.15) is 25.6 Å². The van der Waals surface area contributed by atoms with E-state index in [2.05, 4.69) is 29.6 Å². The van der Waals surface area contributed by atoms with E-state index in [9.17, 15) is 9.90 Å². The first-order valence-electron chi connectivity index (χ1n) is 9.45. The van der Waals surface area contributed by atoms with Crippen molar-refractivity contribution in [2.45, 2.75) is 5.92 Å². The van der Waals surface area contributed by atoms with Gasteiger partial charge in [0, 0.05) is 18.1 Å². The summed E-state index contributed by atoms with van der Waals surface area (Å²) in [6, 6.07) is 19.3.